The van der Waals surface area contributed by atoms with Gasteiger partial charge in [0.25, 0.3) is 5.91 Å². The number of aromatic nitrogens is 1. The molecule has 6 heteroatoms. The van der Waals surface area contributed by atoms with E-state index in [1.807, 2.05) is 30.0 Å². The molecule has 0 radical (unpaired) electrons. The summed E-state index contributed by atoms with van der Waals surface area (Å²) < 4.78 is 5.21. The van der Waals surface area contributed by atoms with Crippen molar-refractivity contribution in [2.24, 2.45) is 11.7 Å². The van der Waals surface area contributed by atoms with Crippen molar-refractivity contribution in [1.82, 2.24) is 10.1 Å². The van der Waals surface area contributed by atoms with Gasteiger partial charge < -0.3 is 15.2 Å². The zero-order chi connectivity index (χ0) is 16.4. The monoisotopic (exact) mass is 349 g/mol. The summed E-state index contributed by atoms with van der Waals surface area (Å²) in [6, 6.07) is 10.3. The Labute approximate surface area is 148 Å². The molecule has 130 valence electrons. The predicted molar refractivity (Wildman–Crippen MR) is 95.5 cm³/mol. The van der Waals surface area contributed by atoms with Gasteiger partial charge in [-0.15, -0.1) is 12.4 Å². The Morgan fingerprint density at radius 2 is 2.04 bits per heavy atom. The van der Waals surface area contributed by atoms with Gasteiger partial charge >= 0.3 is 0 Å². The number of nitrogens with two attached hydrogens (primary N) is 1. The van der Waals surface area contributed by atoms with Crippen LogP contribution in [0.1, 0.15) is 40.2 Å². The number of nitrogens with zero attached hydrogens (tertiary/aromatic N) is 2. The Bertz CT molecular complexity index is 687. The zero-order valence-electron chi connectivity index (χ0n) is 14.1. The molecule has 2 atom stereocenters. The van der Waals surface area contributed by atoms with Crippen LogP contribution in [0.4, 0.5) is 0 Å². The van der Waals surface area contributed by atoms with Crippen molar-refractivity contribution in [2.45, 2.75) is 26.2 Å². The molecule has 0 saturated carbocycles. The summed E-state index contributed by atoms with van der Waals surface area (Å²) in [6.07, 6.45) is 0.689. The molecule has 2 heterocycles. The molecule has 5 nitrogen and oxygen atoms in total. The summed E-state index contributed by atoms with van der Waals surface area (Å²) in [6.45, 7) is 5.73. The number of aryl methyl sites for hydroxylation is 2. The zero-order valence-corrected chi connectivity index (χ0v) is 14.9. The summed E-state index contributed by atoms with van der Waals surface area (Å²) in [5.41, 5.74) is 8.56. The molecule has 2 N–H and O–H groups in total. The number of hydrogen-bond acceptors (Lipinski definition) is 4. The van der Waals surface area contributed by atoms with E-state index in [0.717, 1.165) is 5.69 Å². The minimum Gasteiger partial charge on any atom is -0.361 e. The number of carbonyl (C=O) groups is 1. The summed E-state index contributed by atoms with van der Waals surface area (Å²) in [5.74, 6) is 1.18. The second kappa shape index (κ2) is 7.81. The van der Waals surface area contributed by atoms with Crippen LogP contribution >= 0.6 is 12.4 Å². The van der Waals surface area contributed by atoms with Crippen LogP contribution < -0.4 is 5.73 Å². The fourth-order valence-electron chi connectivity index (χ4n) is 3.45. The highest BCUT2D eigenvalue weighted by Gasteiger charge is 2.37. The van der Waals surface area contributed by atoms with Crippen LogP contribution in [0.25, 0.3) is 0 Å². The topological polar surface area (TPSA) is 72.4 Å². The van der Waals surface area contributed by atoms with E-state index in [1.165, 1.54) is 5.56 Å². The summed E-state index contributed by atoms with van der Waals surface area (Å²) in [4.78, 5) is 14.8. The molecule has 1 aromatic heterocycles. The van der Waals surface area contributed by atoms with Gasteiger partial charge in [-0.25, -0.2) is 0 Å². The molecule has 1 fully saturated rings. The van der Waals surface area contributed by atoms with Gasteiger partial charge in [0.1, 0.15) is 11.3 Å². The SMILES string of the molecule is CCc1noc(C)c1C(=O)N1C[C@@H](CN)[C@H](c2ccccc2)C1.Cl. The lowest BCUT2D eigenvalue weighted by atomic mass is 9.89. The number of hydrogen-bond donors (Lipinski definition) is 1. The van der Waals surface area contributed by atoms with Crippen molar-refractivity contribution >= 4 is 18.3 Å². The van der Waals surface area contributed by atoms with Crippen molar-refractivity contribution in [3.8, 4) is 0 Å². The molecule has 1 amide bonds. The van der Waals surface area contributed by atoms with E-state index in [0.29, 0.717) is 37.4 Å². The van der Waals surface area contributed by atoms with E-state index >= 15 is 0 Å². The Hall–Kier alpha value is -1.85. The van der Waals surface area contributed by atoms with Gasteiger partial charge in [0, 0.05) is 19.0 Å². The van der Waals surface area contributed by atoms with Crippen molar-refractivity contribution < 1.29 is 9.32 Å². The average molecular weight is 350 g/mol. The van der Waals surface area contributed by atoms with E-state index in [1.54, 1.807) is 6.92 Å². The largest absolute Gasteiger partial charge is 0.361 e. The van der Waals surface area contributed by atoms with Gasteiger partial charge in [-0.3, -0.25) is 4.79 Å². The third-order valence-corrected chi connectivity index (χ3v) is 4.74. The molecule has 1 aliphatic rings. The lowest BCUT2D eigenvalue weighted by molar-refractivity contribution is 0.0783. The maximum Gasteiger partial charge on any atom is 0.259 e. The molecule has 0 aliphatic carbocycles. The van der Waals surface area contributed by atoms with Crippen molar-refractivity contribution in [3.63, 3.8) is 0 Å². The molecule has 1 aromatic carbocycles. The van der Waals surface area contributed by atoms with E-state index in [2.05, 4.69) is 17.3 Å². The van der Waals surface area contributed by atoms with Crippen molar-refractivity contribution in [3.05, 3.63) is 52.9 Å². The van der Waals surface area contributed by atoms with Gasteiger partial charge in [0.15, 0.2) is 0 Å². The summed E-state index contributed by atoms with van der Waals surface area (Å²) in [5, 5.41) is 4.00. The molecular weight excluding hydrogens is 326 g/mol. The standard InChI is InChI=1S/C18H23N3O2.ClH/c1-3-16-17(12(2)23-20-16)18(22)21-10-14(9-19)15(11-21)13-7-5-4-6-8-13;/h4-8,14-15H,3,9-11,19H2,1-2H3;1H/t14-,15+;/m1./s1. The maximum absolute atomic E-state index is 12.9. The number of likely N-dealkylation sites (tertiary alicyclic amines) is 1. The second-order valence-electron chi connectivity index (χ2n) is 6.14. The number of halogens is 1. The van der Waals surface area contributed by atoms with Gasteiger partial charge in [0.05, 0.1) is 5.69 Å². The van der Waals surface area contributed by atoms with E-state index < -0.39 is 0 Å². The molecule has 24 heavy (non-hydrogen) atoms. The van der Waals surface area contributed by atoms with Gasteiger partial charge in [-0.1, -0.05) is 42.4 Å². The third-order valence-electron chi connectivity index (χ3n) is 4.74. The Balaban J connectivity index is 0.00000208. The van der Waals surface area contributed by atoms with Gasteiger partial charge in [-0.05, 0) is 31.4 Å². The third kappa shape index (κ3) is 3.32. The summed E-state index contributed by atoms with van der Waals surface area (Å²) in [7, 11) is 0. The quantitative estimate of drug-likeness (QED) is 0.921. The first-order chi connectivity index (χ1) is 11.2. The number of carbonyl (C=O) groups excluding carboxylic acids is 1. The molecule has 3 rings (SSSR count). The summed E-state index contributed by atoms with van der Waals surface area (Å²) >= 11 is 0. The number of amides is 1. The molecular formula is C18H24ClN3O2. The van der Waals surface area contributed by atoms with Crippen molar-refractivity contribution in [1.29, 1.82) is 0 Å². The highest BCUT2D eigenvalue weighted by atomic mass is 35.5. The number of benzene rings is 1. The number of rotatable bonds is 4. The van der Waals surface area contributed by atoms with Crippen LogP contribution in [0.3, 0.4) is 0 Å². The highest BCUT2D eigenvalue weighted by molar-refractivity contribution is 5.96. The lowest BCUT2D eigenvalue weighted by Crippen LogP contribution is -2.30. The fraction of sp³-hybridized carbons (Fsp3) is 0.444. The Morgan fingerprint density at radius 1 is 1.33 bits per heavy atom. The lowest BCUT2D eigenvalue weighted by Gasteiger charge is -2.17. The first-order valence-electron chi connectivity index (χ1n) is 8.15. The fourth-order valence-corrected chi connectivity index (χ4v) is 3.45. The van der Waals surface area contributed by atoms with Crippen LogP contribution in [-0.2, 0) is 6.42 Å². The highest BCUT2D eigenvalue weighted by Crippen LogP contribution is 2.33. The average Bonchev–Trinajstić information content (AvgIpc) is 3.18. The van der Waals surface area contributed by atoms with E-state index in [-0.39, 0.29) is 30.2 Å². The minimum atomic E-state index is 0. The van der Waals surface area contributed by atoms with Crippen molar-refractivity contribution in [2.75, 3.05) is 19.6 Å². The molecule has 0 unspecified atom stereocenters. The minimum absolute atomic E-state index is 0. The van der Waals surface area contributed by atoms with Crippen LogP contribution in [0.5, 0.6) is 0 Å². The van der Waals surface area contributed by atoms with Crippen LogP contribution in [-0.4, -0.2) is 35.6 Å². The second-order valence-corrected chi connectivity index (χ2v) is 6.14. The van der Waals surface area contributed by atoms with Crippen LogP contribution in [0, 0.1) is 12.8 Å². The molecule has 0 spiro atoms. The van der Waals surface area contributed by atoms with Gasteiger partial charge in [-0.2, -0.15) is 0 Å². The van der Waals surface area contributed by atoms with Gasteiger partial charge in [0.2, 0.25) is 0 Å². The predicted octanol–water partition coefficient (Wildman–Crippen LogP) is 2.78. The van der Waals surface area contributed by atoms with Crippen LogP contribution in [0.15, 0.2) is 34.9 Å². The Morgan fingerprint density at radius 3 is 2.67 bits per heavy atom. The van der Waals surface area contributed by atoms with E-state index in [4.69, 9.17) is 10.3 Å². The Kier molecular flexibility index (Phi) is 6.02. The molecule has 0 bridgehead atoms. The van der Waals surface area contributed by atoms with Crippen LogP contribution in [0.2, 0.25) is 0 Å². The molecule has 2 aromatic rings. The first kappa shape index (κ1) is 18.5. The first-order valence-corrected chi connectivity index (χ1v) is 8.15. The molecule has 1 saturated heterocycles. The normalized spacial score (nSPS) is 20.0. The molecule has 1 aliphatic heterocycles. The van der Waals surface area contributed by atoms with E-state index in [9.17, 15) is 4.79 Å². The smallest absolute Gasteiger partial charge is 0.259 e. The maximum atomic E-state index is 12.9.